The van der Waals surface area contributed by atoms with Crippen LogP contribution in [-0.2, 0) is 0 Å². The summed E-state index contributed by atoms with van der Waals surface area (Å²) >= 11 is 0. The minimum Gasteiger partial charge on any atom is -0.369 e. The van der Waals surface area contributed by atoms with Crippen molar-refractivity contribution >= 4 is 23.0 Å². The van der Waals surface area contributed by atoms with Crippen LogP contribution in [0.1, 0.15) is 12.5 Å². The molecule has 0 saturated heterocycles. The zero-order valence-corrected chi connectivity index (χ0v) is 11.6. The average molecular weight is 267 g/mol. The van der Waals surface area contributed by atoms with Gasteiger partial charge in [-0.1, -0.05) is 17.7 Å². The molecule has 0 unspecified atom stereocenters. The lowest BCUT2D eigenvalue weighted by molar-refractivity contribution is 1.09. The van der Waals surface area contributed by atoms with E-state index in [1.165, 1.54) is 5.56 Å². The molecule has 0 saturated carbocycles. The first-order valence-electron chi connectivity index (χ1n) is 6.67. The smallest absolute Gasteiger partial charge is 0.180 e. The first-order valence-corrected chi connectivity index (χ1v) is 6.67. The second kappa shape index (κ2) is 5.21. The average Bonchev–Trinajstić information content (AvgIpc) is 2.90. The lowest BCUT2D eigenvalue weighted by Gasteiger charge is -2.10. The van der Waals surface area contributed by atoms with E-state index in [-0.39, 0.29) is 0 Å². The second-order valence-corrected chi connectivity index (χ2v) is 4.65. The van der Waals surface area contributed by atoms with E-state index >= 15 is 0 Å². The summed E-state index contributed by atoms with van der Waals surface area (Å²) in [5.41, 5.74) is 3.05. The lowest BCUT2D eigenvalue weighted by atomic mass is 10.2. The highest BCUT2D eigenvalue weighted by Gasteiger charge is 2.07. The number of hydrogen-bond donors (Lipinski definition) is 2. The molecule has 0 aliphatic rings. The van der Waals surface area contributed by atoms with Gasteiger partial charge in [-0.25, -0.2) is 9.97 Å². The van der Waals surface area contributed by atoms with E-state index in [1.54, 1.807) is 6.20 Å². The predicted molar refractivity (Wildman–Crippen MR) is 81.6 cm³/mol. The molecular weight excluding hydrogens is 250 g/mol. The molecule has 2 heterocycles. The summed E-state index contributed by atoms with van der Waals surface area (Å²) in [6.45, 7) is 4.95. The maximum absolute atomic E-state index is 4.58. The van der Waals surface area contributed by atoms with Crippen molar-refractivity contribution < 1.29 is 0 Å². The summed E-state index contributed by atoms with van der Waals surface area (Å²) in [7, 11) is 0. The van der Waals surface area contributed by atoms with E-state index in [2.05, 4.69) is 39.7 Å². The van der Waals surface area contributed by atoms with Crippen LogP contribution >= 0.6 is 0 Å². The van der Waals surface area contributed by atoms with Crippen LogP contribution in [0.4, 0.5) is 17.3 Å². The summed E-state index contributed by atoms with van der Waals surface area (Å²) in [6.07, 6.45) is 5.62. The van der Waals surface area contributed by atoms with Gasteiger partial charge in [-0.2, -0.15) is 0 Å². The van der Waals surface area contributed by atoms with Gasteiger partial charge in [0.1, 0.15) is 5.82 Å². The molecule has 5 nitrogen and oxygen atoms in total. The highest BCUT2D eigenvalue weighted by Crippen LogP contribution is 2.21. The van der Waals surface area contributed by atoms with Crippen LogP contribution in [0, 0.1) is 6.92 Å². The Bertz CT molecular complexity index is 715. The monoisotopic (exact) mass is 267 g/mol. The molecule has 0 atom stereocenters. The molecule has 2 N–H and O–H groups in total. The Labute approximate surface area is 117 Å². The number of aryl methyl sites for hydroxylation is 1. The van der Waals surface area contributed by atoms with Crippen LogP contribution in [-0.4, -0.2) is 20.9 Å². The first-order chi connectivity index (χ1) is 9.76. The summed E-state index contributed by atoms with van der Waals surface area (Å²) < 4.78 is 1.96. The van der Waals surface area contributed by atoms with Crippen molar-refractivity contribution in [2.24, 2.45) is 0 Å². The van der Waals surface area contributed by atoms with Crippen molar-refractivity contribution in [1.82, 2.24) is 14.4 Å². The Hall–Kier alpha value is -2.56. The van der Waals surface area contributed by atoms with Gasteiger partial charge < -0.3 is 15.0 Å². The number of rotatable bonds is 4. The molecule has 2 aromatic heterocycles. The maximum Gasteiger partial charge on any atom is 0.180 e. The topological polar surface area (TPSA) is 54.2 Å². The SMILES string of the molecule is CCNc1cn2ccnc2c(Nc2ccc(C)cc2)n1. The lowest BCUT2D eigenvalue weighted by Crippen LogP contribution is -2.05. The molecule has 1 aromatic carbocycles. The van der Waals surface area contributed by atoms with Crippen molar-refractivity contribution in [3.05, 3.63) is 48.4 Å². The van der Waals surface area contributed by atoms with Crippen LogP contribution in [0.15, 0.2) is 42.9 Å². The van der Waals surface area contributed by atoms with Gasteiger partial charge in [0.2, 0.25) is 0 Å². The second-order valence-electron chi connectivity index (χ2n) is 4.65. The quantitative estimate of drug-likeness (QED) is 0.762. The van der Waals surface area contributed by atoms with Gasteiger partial charge in [-0.05, 0) is 26.0 Å². The number of nitrogens with zero attached hydrogens (tertiary/aromatic N) is 3. The predicted octanol–water partition coefficient (Wildman–Crippen LogP) is 3.21. The molecule has 3 aromatic rings. The van der Waals surface area contributed by atoms with Gasteiger partial charge in [0, 0.05) is 24.6 Å². The van der Waals surface area contributed by atoms with Gasteiger partial charge in [0.25, 0.3) is 0 Å². The van der Waals surface area contributed by atoms with Crippen molar-refractivity contribution in [2.45, 2.75) is 13.8 Å². The van der Waals surface area contributed by atoms with Crippen molar-refractivity contribution in [3.63, 3.8) is 0 Å². The third kappa shape index (κ3) is 2.42. The number of nitrogens with one attached hydrogen (secondary N) is 2. The van der Waals surface area contributed by atoms with Crippen molar-refractivity contribution in [2.75, 3.05) is 17.2 Å². The standard InChI is InChI=1S/C15H17N5/c1-3-16-13-10-20-9-8-17-15(20)14(19-13)18-12-6-4-11(2)5-7-12/h4-10,16H,3H2,1-2H3,(H,18,19). The number of fused-ring (bicyclic) bond motifs is 1. The maximum atomic E-state index is 4.58. The fraction of sp³-hybridized carbons (Fsp3) is 0.200. The van der Waals surface area contributed by atoms with Crippen molar-refractivity contribution in [1.29, 1.82) is 0 Å². The van der Waals surface area contributed by atoms with E-state index < -0.39 is 0 Å². The summed E-state index contributed by atoms with van der Waals surface area (Å²) in [5, 5.41) is 6.55. The third-order valence-corrected chi connectivity index (χ3v) is 3.05. The first kappa shape index (κ1) is 12.5. The Balaban J connectivity index is 2.00. The molecule has 102 valence electrons. The van der Waals surface area contributed by atoms with Crippen LogP contribution < -0.4 is 10.6 Å². The molecule has 0 bridgehead atoms. The largest absolute Gasteiger partial charge is 0.369 e. The van der Waals surface area contributed by atoms with E-state index in [1.807, 2.05) is 35.9 Å². The van der Waals surface area contributed by atoms with E-state index in [9.17, 15) is 0 Å². The Morgan fingerprint density at radius 2 is 2.00 bits per heavy atom. The van der Waals surface area contributed by atoms with Crippen LogP contribution in [0.5, 0.6) is 0 Å². The van der Waals surface area contributed by atoms with Gasteiger partial charge in [0.05, 0.1) is 6.20 Å². The van der Waals surface area contributed by atoms with Gasteiger partial charge in [0.15, 0.2) is 11.5 Å². The molecular formula is C15H17N5. The minimum absolute atomic E-state index is 0.748. The van der Waals surface area contributed by atoms with Crippen LogP contribution in [0.25, 0.3) is 5.65 Å². The number of imidazole rings is 1. The molecule has 0 radical (unpaired) electrons. The van der Waals surface area contributed by atoms with Gasteiger partial charge >= 0.3 is 0 Å². The molecule has 0 fully saturated rings. The third-order valence-electron chi connectivity index (χ3n) is 3.05. The fourth-order valence-corrected chi connectivity index (χ4v) is 2.06. The van der Waals surface area contributed by atoms with Gasteiger partial charge in [-0.3, -0.25) is 0 Å². The number of anilines is 3. The Morgan fingerprint density at radius 1 is 1.20 bits per heavy atom. The highest BCUT2D eigenvalue weighted by atomic mass is 15.1. The summed E-state index contributed by atoms with van der Waals surface area (Å²) in [6, 6.07) is 8.21. The molecule has 5 heteroatoms. The molecule has 0 aliphatic heterocycles. The normalized spacial score (nSPS) is 10.7. The zero-order valence-electron chi connectivity index (χ0n) is 11.6. The Morgan fingerprint density at radius 3 is 2.75 bits per heavy atom. The summed E-state index contributed by atoms with van der Waals surface area (Å²) in [5.74, 6) is 1.57. The number of aromatic nitrogens is 3. The Kier molecular flexibility index (Phi) is 3.25. The van der Waals surface area contributed by atoms with Crippen molar-refractivity contribution in [3.8, 4) is 0 Å². The van der Waals surface area contributed by atoms with E-state index in [0.29, 0.717) is 0 Å². The molecule has 0 spiro atoms. The number of hydrogen-bond acceptors (Lipinski definition) is 4. The molecule has 20 heavy (non-hydrogen) atoms. The minimum atomic E-state index is 0.748. The van der Waals surface area contributed by atoms with E-state index in [0.717, 1.165) is 29.5 Å². The molecule has 3 rings (SSSR count). The highest BCUT2D eigenvalue weighted by molar-refractivity contribution is 5.71. The number of benzene rings is 1. The fourth-order valence-electron chi connectivity index (χ4n) is 2.06. The van der Waals surface area contributed by atoms with E-state index in [4.69, 9.17) is 0 Å². The van der Waals surface area contributed by atoms with Gasteiger partial charge in [-0.15, -0.1) is 0 Å². The van der Waals surface area contributed by atoms with Crippen LogP contribution in [0.3, 0.4) is 0 Å². The summed E-state index contributed by atoms with van der Waals surface area (Å²) in [4.78, 5) is 8.92. The molecule has 0 amide bonds. The zero-order chi connectivity index (χ0) is 13.9. The molecule has 0 aliphatic carbocycles. The van der Waals surface area contributed by atoms with Crippen LogP contribution in [0.2, 0.25) is 0 Å².